The summed E-state index contributed by atoms with van der Waals surface area (Å²) in [4.78, 5) is 11.6. The van der Waals surface area contributed by atoms with Gasteiger partial charge in [0.1, 0.15) is 0 Å². The summed E-state index contributed by atoms with van der Waals surface area (Å²) in [6, 6.07) is 10.0. The summed E-state index contributed by atoms with van der Waals surface area (Å²) in [5.74, 6) is 0.147. The fraction of sp³-hybridized carbons (Fsp3) is 0.312. The van der Waals surface area contributed by atoms with Crippen LogP contribution in [-0.4, -0.2) is 13.1 Å². The normalized spacial score (nSPS) is 10.9. The van der Waals surface area contributed by atoms with E-state index in [9.17, 15) is 4.79 Å². The summed E-state index contributed by atoms with van der Waals surface area (Å²) in [6.07, 6.45) is 0. The van der Waals surface area contributed by atoms with Gasteiger partial charge in [0.15, 0.2) is 0 Å². The number of hydrogen-bond acceptors (Lipinski definition) is 2. The largest absolute Gasteiger partial charge is 0.465 e. The minimum Gasteiger partial charge on any atom is -0.465 e. The van der Waals surface area contributed by atoms with E-state index in [0.717, 1.165) is 5.39 Å². The Morgan fingerprint density at radius 2 is 1.83 bits per heavy atom. The molecule has 0 aliphatic rings. The quantitative estimate of drug-likeness (QED) is 0.742. The number of esters is 1. The molecule has 2 heteroatoms. The fourth-order valence-corrected chi connectivity index (χ4v) is 2.27. The van der Waals surface area contributed by atoms with Crippen LogP contribution in [0.4, 0.5) is 0 Å². The Morgan fingerprint density at radius 1 is 1.11 bits per heavy atom. The monoisotopic (exact) mass is 242 g/mol. The molecule has 0 atom stereocenters. The van der Waals surface area contributed by atoms with E-state index in [4.69, 9.17) is 4.74 Å². The van der Waals surface area contributed by atoms with Gasteiger partial charge >= 0.3 is 5.97 Å². The van der Waals surface area contributed by atoms with Gasteiger partial charge in [-0.25, -0.2) is 4.79 Å². The molecule has 0 amide bonds. The molecular weight excluding hydrogens is 224 g/mol. The first-order valence-corrected chi connectivity index (χ1v) is 6.16. The molecule has 0 radical (unpaired) electrons. The first kappa shape index (κ1) is 12.6. The maximum Gasteiger partial charge on any atom is 0.337 e. The van der Waals surface area contributed by atoms with E-state index in [1.165, 1.54) is 23.6 Å². The van der Waals surface area contributed by atoms with Crippen LogP contribution in [0.2, 0.25) is 0 Å². The Bertz CT molecular complexity index is 597. The van der Waals surface area contributed by atoms with Crippen LogP contribution in [0.25, 0.3) is 10.8 Å². The molecule has 0 spiro atoms. The molecule has 0 N–H and O–H groups in total. The molecule has 0 aliphatic carbocycles. The van der Waals surface area contributed by atoms with E-state index < -0.39 is 0 Å². The van der Waals surface area contributed by atoms with Gasteiger partial charge in [0.05, 0.1) is 12.7 Å². The Labute approximate surface area is 108 Å². The predicted molar refractivity (Wildman–Crippen MR) is 74.1 cm³/mol. The van der Waals surface area contributed by atoms with Gasteiger partial charge in [0.2, 0.25) is 0 Å². The summed E-state index contributed by atoms with van der Waals surface area (Å²) in [5.41, 5.74) is 3.10. The average molecular weight is 242 g/mol. The maximum atomic E-state index is 11.6. The van der Waals surface area contributed by atoms with Crippen molar-refractivity contribution >= 4 is 16.7 Å². The molecule has 2 aromatic rings. The number of fused-ring (bicyclic) bond motifs is 1. The number of carbonyl (C=O) groups excluding carboxylic acids is 1. The average Bonchev–Trinajstić information content (AvgIpc) is 2.37. The van der Waals surface area contributed by atoms with Crippen LogP contribution >= 0.6 is 0 Å². The molecule has 2 nitrogen and oxygen atoms in total. The lowest BCUT2D eigenvalue weighted by atomic mass is 9.92. The summed E-state index contributed by atoms with van der Waals surface area (Å²) in [7, 11) is 1.41. The molecule has 0 saturated carbocycles. The highest BCUT2D eigenvalue weighted by atomic mass is 16.5. The zero-order valence-corrected chi connectivity index (χ0v) is 11.3. The minimum absolute atomic E-state index is 0.284. The zero-order valence-electron chi connectivity index (χ0n) is 11.3. The first-order chi connectivity index (χ1) is 8.54. The van der Waals surface area contributed by atoms with Gasteiger partial charge in [-0.3, -0.25) is 0 Å². The van der Waals surface area contributed by atoms with Crippen molar-refractivity contribution in [1.29, 1.82) is 0 Å². The van der Waals surface area contributed by atoms with Crippen molar-refractivity contribution in [3.05, 3.63) is 47.0 Å². The Kier molecular flexibility index (Phi) is 3.37. The molecule has 0 unspecified atom stereocenters. The zero-order chi connectivity index (χ0) is 13.3. The van der Waals surface area contributed by atoms with Crippen molar-refractivity contribution < 1.29 is 9.53 Å². The van der Waals surface area contributed by atoms with E-state index in [0.29, 0.717) is 11.5 Å². The highest BCUT2D eigenvalue weighted by Gasteiger charge is 2.11. The van der Waals surface area contributed by atoms with Crippen molar-refractivity contribution in [2.45, 2.75) is 26.7 Å². The molecule has 0 fully saturated rings. The third kappa shape index (κ3) is 2.10. The molecule has 0 aliphatic heterocycles. The Hall–Kier alpha value is -1.83. The molecule has 0 saturated heterocycles. The molecular formula is C16H18O2. The standard InChI is InChI=1S/C16H18O2/c1-10(2)13-7-5-11(3)14-8-6-12(9-15(13)14)16(17)18-4/h5-10H,1-4H3. The number of ether oxygens (including phenoxy) is 1. The molecule has 2 aromatic carbocycles. The van der Waals surface area contributed by atoms with Crippen molar-refractivity contribution in [3.8, 4) is 0 Å². The first-order valence-electron chi connectivity index (χ1n) is 6.16. The van der Waals surface area contributed by atoms with E-state index in [2.05, 4.69) is 32.9 Å². The number of aryl methyl sites for hydroxylation is 1. The second-order valence-corrected chi connectivity index (χ2v) is 4.88. The number of rotatable bonds is 2. The van der Waals surface area contributed by atoms with Crippen LogP contribution in [0, 0.1) is 6.92 Å². The minimum atomic E-state index is -0.284. The Balaban J connectivity index is 2.73. The topological polar surface area (TPSA) is 26.3 Å². The van der Waals surface area contributed by atoms with Gasteiger partial charge in [-0.1, -0.05) is 32.0 Å². The highest BCUT2D eigenvalue weighted by Crippen LogP contribution is 2.28. The molecule has 2 rings (SSSR count). The molecule has 0 bridgehead atoms. The van der Waals surface area contributed by atoms with Crippen LogP contribution in [0.5, 0.6) is 0 Å². The van der Waals surface area contributed by atoms with Crippen molar-refractivity contribution in [1.82, 2.24) is 0 Å². The lowest BCUT2D eigenvalue weighted by Gasteiger charge is -2.13. The smallest absolute Gasteiger partial charge is 0.337 e. The van der Waals surface area contributed by atoms with Crippen LogP contribution in [0.15, 0.2) is 30.3 Å². The van der Waals surface area contributed by atoms with Crippen LogP contribution in [-0.2, 0) is 4.74 Å². The second-order valence-electron chi connectivity index (χ2n) is 4.88. The highest BCUT2D eigenvalue weighted by molar-refractivity contribution is 5.97. The van der Waals surface area contributed by atoms with Gasteiger partial charge in [-0.15, -0.1) is 0 Å². The van der Waals surface area contributed by atoms with Gasteiger partial charge in [-0.05, 0) is 46.9 Å². The van der Waals surface area contributed by atoms with E-state index in [1.54, 1.807) is 0 Å². The van der Waals surface area contributed by atoms with Gasteiger partial charge in [0.25, 0.3) is 0 Å². The number of carbonyl (C=O) groups is 1. The Morgan fingerprint density at radius 3 is 2.44 bits per heavy atom. The van der Waals surface area contributed by atoms with Crippen LogP contribution in [0.3, 0.4) is 0 Å². The van der Waals surface area contributed by atoms with Crippen molar-refractivity contribution in [2.24, 2.45) is 0 Å². The summed E-state index contributed by atoms with van der Waals surface area (Å²) in [6.45, 7) is 6.41. The van der Waals surface area contributed by atoms with Crippen LogP contribution < -0.4 is 0 Å². The van der Waals surface area contributed by atoms with Gasteiger partial charge in [0, 0.05) is 0 Å². The van der Waals surface area contributed by atoms with E-state index >= 15 is 0 Å². The van der Waals surface area contributed by atoms with Crippen LogP contribution in [0.1, 0.15) is 41.3 Å². The van der Waals surface area contributed by atoms with Crippen molar-refractivity contribution in [3.63, 3.8) is 0 Å². The molecule has 0 heterocycles. The third-order valence-corrected chi connectivity index (χ3v) is 3.31. The summed E-state index contributed by atoms with van der Waals surface area (Å²) >= 11 is 0. The summed E-state index contributed by atoms with van der Waals surface area (Å²) < 4.78 is 4.78. The van der Waals surface area contributed by atoms with Gasteiger partial charge < -0.3 is 4.74 Å². The molecule has 0 aromatic heterocycles. The summed E-state index contributed by atoms with van der Waals surface area (Å²) in [5, 5.41) is 2.35. The lowest BCUT2D eigenvalue weighted by Crippen LogP contribution is -2.01. The number of methoxy groups -OCH3 is 1. The predicted octanol–water partition coefficient (Wildman–Crippen LogP) is 4.06. The third-order valence-electron chi connectivity index (χ3n) is 3.31. The van der Waals surface area contributed by atoms with Gasteiger partial charge in [-0.2, -0.15) is 0 Å². The van der Waals surface area contributed by atoms with E-state index in [1.807, 2.05) is 18.2 Å². The van der Waals surface area contributed by atoms with E-state index in [-0.39, 0.29) is 5.97 Å². The number of hydrogen-bond donors (Lipinski definition) is 0. The molecule has 94 valence electrons. The number of benzene rings is 2. The van der Waals surface area contributed by atoms with Crippen molar-refractivity contribution in [2.75, 3.05) is 7.11 Å². The lowest BCUT2D eigenvalue weighted by molar-refractivity contribution is 0.0601. The molecule has 18 heavy (non-hydrogen) atoms. The maximum absolute atomic E-state index is 11.6. The second kappa shape index (κ2) is 4.81. The fourth-order valence-electron chi connectivity index (χ4n) is 2.27. The SMILES string of the molecule is COC(=O)c1ccc2c(C)ccc(C(C)C)c2c1.